The number of guanidine groups is 1. The molecule has 0 amide bonds. The maximum Gasteiger partial charge on any atom is 0.228 e. The molecule has 166 valence electrons. The molecule has 1 atom stereocenters. The highest BCUT2D eigenvalue weighted by Gasteiger charge is 2.27. The molecule has 30 heavy (non-hydrogen) atoms. The third-order valence-corrected chi connectivity index (χ3v) is 5.50. The van der Waals surface area contributed by atoms with Gasteiger partial charge in [-0.3, -0.25) is 9.89 Å². The van der Waals surface area contributed by atoms with Crippen LogP contribution in [-0.2, 0) is 6.42 Å². The summed E-state index contributed by atoms with van der Waals surface area (Å²) in [7, 11) is 0. The van der Waals surface area contributed by atoms with E-state index in [1.54, 1.807) is 0 Å². The van der Waals surface area contributed by atoms with Gasteiger partial charge in [0, 0.05) is 42.7 Å². The van der Waals surface area contributed by atoms with Crippen LogP contribution in [0.15, 0.2) is 33.8 Å². The summed E-state index contributed by atoms with van der Waals surface area (Å²) in [5.41, 5.74) is 0.851. The SMILES string of the molecule is CCNC(=NCCc1nc(-c2cccc(Cl)c2)no1)N1CCC(N(CC)CC)C1.I. The molecule has 1 aromatic carbocycles. The van der Waals surface area contributed by atoms with Crippen molar-refractivity contribution in [3.63, 3.8) is 0 Å². The number of rotatable bonds is 8. The van der Waals surface area contributed by atoms with E-state index in [2.05, 4.69) is 46.0 Å². The van der Waals surface area contributed by atoms with Crippen molar-refractivity contribution in [1.29, 1.82) is 0 Å². The molecule has 1 unspecified atom stereocenters. The maximum atomic E-state index is 6.04. The molecule has 0 spiro atoms. The van der Waals surface area contributed by atoms with Gasteiger partial charge < -0.3 is 14.7 Å². The van der Waals surface area contributed by atoms with Crippen LogP contribution in [0.1, 0.15) is 33.1 Å². The van der Waals surface area contributed by atoms with Gasteiger partial charge in [0.05, 0.1) is 6.54 Å². The van der Waals surface area contributed by atoms with Crippen molar-refractivity contribution in [2.45, 2.75) is 39.7 Å². The summed E-state index contributed by atoms with van der Waals surface area (Å²) in [6.45, 7) is 12.3. The largest absolute Gasteiger partial charge is 0.357 e. The highest BCUT2D eigenvalue weighted by atomic mass is 127. The number of aromatic nitrogens is 2. The van der Waals surface area contributed by atoms with E-state index in [9.17, 15) is 0 Å². The minimum Gasteiger partial charge on any atom is -0.357 e. The predicted octanol–water partition coefficient (Wildman–Crippen LogP) is 3.93. The molecule has 7 nitrogen and oxygen atoms in total. The number of likely N-dealkylation sites (tertiary alicyclic amines) is 1. The first-order chi connectivity index (χ1) is 14.1. The Morgan fingerprint density at radius 2 is 2.13 bits per heavy atom. The molecule has 1 saturated heterocycles. The van der Waals surface area contributed by atoms with Gasteiger partial charge >= 0.3 is 0 Å². The Kier molecular flexibility index (Phi) is 10.3. The Bertz CT molecular complexity index is 810. The summed E-state index contributed by atoms with van der Waals surface area (Å²) in [5.74, 6) is 2.11. The van der Waals surface area contributed by atoms with Crippen LogP contribution in [0.3, 0.4) is 0 Å². The molecule has 0 bridgehead atoms. The molecule has 0 aliphatic carbocycles. The summed E-state index contributed by atoms with van der Waals surface area (Å²) >= 11 is 6.04. The van der Waals surface area contributed by atoms with Crippen molar-refractivity contribution in [2.75, 3.05) is 39.3 Å². The Morgan fingerprint density at radius 3 is 2.83 bits per heavy atom. The number of hydrogen-bond donors (Lipinski definition) is 1. The number of likely N-dealkylation sites (N-methyl/N-ethyl adjacent to an activating group) is 1. The van der Waals surface area contributed by atoms with Crippen LogP contribution < -0.4 is 5.32 Å². The first-order valence-electron chi connectivity index (χ1n) is 10.5. The fourth-order valence-electron chi connectivity index (χ4n) is 3.76. The molecule has 1 aliphatic rings. The van der Waals surface area contributed by atoms with Gasteiger partial charge in [-0.05, 0) is 38.6 Å². The fraction of sp³-hybridized carbons (Fsp3) is 0.571. The summed E-state index contributed by atoms with van der Waals surface area (Å²) in [6, 6.07) is 8.05. The second kappa shape index (κ2) is 12.5. The van der Waals surface area contributed by atoms with Crippen LogP contribution in [0, 0.1) is 0 Å². The predicted molar refractivity (Wildman–Crippen MR) is 133 cm³/mol. The lowest BCUT2D eigenvalue weighted by Gasteiger charge is -2.27. The van der Waals surface area contributed by atoms with E-state index in [4.69, 9.17) is 21.1 Å². The topological polar surface area (TPSA) is 69.8 Å². The Labute approximate surface area is 201 Å². The van der Waals surface area contributed by atoms with E-state index in [0.717, 1.165) is 44.2 Å². The van der Waals surface area contributed by atoms with Gasteiger partial charge in [0.1, 0.15) is 0 Å². The Balaban J connectivity index is 0.00000320. The van der Waals surface area contributed by atoms with Gasteiger partial charge in [0.25, 0.3) is 0 Å². The quantitative estimate of drug-likeness (QED) is 0.307. The monoisotopic (exact) mass is 546 g/mol. The fourth-order valence-corrected chi connectivity index (χ4v) is 3.95. The number of halogens is 2. The summed E-state index contributed by atoms with van der Waals surface area (Å²) in [4.78, 5) is 14.2. The number of benzene rings is 1. The molecule has 1 aliphatic heterocycles. The van der Waals surface area contributed by atoms with E-state index in [1.807, 2.05) is 24.3 Å². The normalized spacial score (nSPS) is 16.8. The van der Waals surface area contributed by atoms with Crippen LogP contribution >= 0.6 is 35.6 Å². The van der Waals surface area contributed by atoms with Crippen molar-refractivity contribution in [3.05, 3.63) is 35.2 Å². The zero-order valence-corrected chi connectivity index (χ0v) is 21.1. The first kappa shape index (κ1) is 24.9. The molecular formula is C21H32ClIN6O. The van der Waals surface area contributed by atoms with Crippen LogP contribution in [0.5, 0.6) is 0 Å². The highest BCUT2D eigenvalue weighted by molar-refractivity contribution is 14.0. The lowest BCUT2D eigenvalue weighted by atomic mass is 10.2. The molecular weight excluding hydrogens is 515 g/mol. The number of nitrogens with zero attached hydrogens (tertiary/aromatic N) is 5. The van der Waals surface area contributed by atoms with Gasteiger partial charge in [0.2, 0.25) is 11.7 Å². The second-order valence-corrected chi connectivity index (χ2v) is 7.55. The maximum absolute atomic E-state index is 6.04. The second-order valence-electron chi connectivity index (χ2n) is 7.12. The van der Waals surface area contributed by atoms with Gasteiger partial charge in [-0.15, -0.1) is 24.0 Å². The molecule has 1 aromatic heterocycles. The molecule has 2 heterocycles. The van der Waals surface area contributed by atoms with Crippen LogP contribution in [-0.4, -0.2) is 71.2 Å². The van der Waals surface area contributed by atoms with Gasteiger partial charge in [-0.2, -0.15) is 4.98 Å². The summed E-state index contributed by atoms with van der Waals surface area (Å²) < 4.78 is 5.39. The smallest absolute Gasteiger partial charge is 0.228 e. The van der Waals surface area contributed by atoms with E-state index in [0.29, 0.717) is 35.7 Å². The Morgan fingerprint density at radius 1 is 1.33 bits per heavy atom. The van der Waals surface area contributed by atoms with Crippen molar-refractivity contribution < 1.29 is 4.52 Å². The average molecular weight is 547 g/mol. The van der Waals surface area contributed by atoms with Crippen molar-refractivity contribution in [3.8, 4) is 11.4 Å². The summed E-state index contributed by atoms with van der Waals surface area (Å²) in [5, 5.41) is 8.14. The lowest BCUT2D eigenvalue weighted by molar-refractivity contribution is 0.223. The van der Waals surface area contributed by atoms with Crippen LogP contribution in [0.4, 0.5) is 0 Å². The van der Waals surface area contributed by atoms with E-state index in [-0.39, 0.29) is 24.0 Å². The minimum atomic E-state index is 0. The van der Waals surface area contributed by atoms with Gasteiger partial charge in [-0.25, -0.2) is 0 Å². The minimum absolute atomic E-state index is 0. The molecule has 9 heteroatoms. The highest BCUT2D eigenvalue weighted by Crippen LogP contribution is 2.20. The summed E-state index contributed by atoms with van der Waals surface area (Å²) in [6.07, 6.45) is 1.79. The zero-order valence-electron chi connectivity index (χ0n) is 18.0. The number of nitrogens with one attached hydrogen (secondary N) is 1. The third kappa shape index (κ3) is 6.55. The molecule has 1 N–H and O–H groups in total. The molecule has 0 saturated carbocycles. The van der Waals surface area contributed by atoms with Crippen LogP contribution in [0.25, 0.3) is 11.4 Å². The zero-order chi connectivity index (χ0) is 20.6. The van der Waals surface area contributed by atoms with E-state index >= 15 is 0 Å². The van der Waals surface area contributed by atoms with Crippen LogP contribution in [0.2, 0.25) is 5.02 Å². The molecule has 1 fully saturated rings. The van der Waals surface area contributed by atoms with E-state index in [1.165, 1.54) is 6.42 Å². The third-order valence-electron chi connectivity index (χ3n) is 5.26. The standard InChI is InChI=1S/C21H31ClN6O.HI/c1-4-23-21(28-13-11-18(15-28)27(5-2)6-3)24-12-10-19-25-20(26-29-19)16-8-7-9-17(22)14-16;/h7-9,14,18H,4-6,10-13,15H2,1-3H3,(H,23,24);1H. The van der Waals surface area contributed by atoms with Crippen molar-refractivity contribution >= 4 is 41.5 Å². The average Bonchev–Trinajstić information content (AvgIpc) is 3.39. The lowest BCUT2D eigenvalue weighted by Crippen LogP contribution is -2.43. The molecule has 0 radical (unpaired) electrons. The van der Waals surface area contributed by atoms with E-state index < -0.39 is 0 Å². The Hall–Kier alpha value is -1.39. The number of hydrogen-bond acceptors (Lipinski definition) is 5. The first-order valence-corrected chi connectivity index (χ1v) is 10.9. The van der Waals surface area contributed by atoms with Crippen molar-refractivity contribution in [1.82, 2.24) is 25.3 Å². The molecule has 3 rings (SSSR count). The van der Waals surface area contributed by atoms with Crippen molar-refractivity contribution in [2.24, 2.45) is 4.99 Å². The van der Waals surface area contributed by atoms with Gasteiger partial charge in [-0.1, -0.05) is 42.7 Å². The molecule has 2 aromatic rings. The number of aliphatic imine (C=N–C) groups is 1. The van der Waals surface area contributed by atoms with Gasteiger partial charge in [0.15, 0.2) is 5.96 Å².